The van der Waals surface area contributed by atoms with Crippen LogP contribution in [0.3, 0.4) is 0 Å². The largest absolute Gasteiger partial charge is 0.340 e. The van der Waals surface area contributed by atoms with Crippen molar-refractivity contribution in [3.63, 3.8) is 0 Å². The Hall–Kier alpha value is -1.36. The van der Waals surface area contributed by atoms with Gasteiger partial charge in [-0.3, -0.25) is 4.40 Å². The van der Waals surface area contributed by atoms with Crippen LogP contribution in [-0.2, 0) is 0 Å². The molecule has 0 saturated carbocycles. The number of rotatable bonds is 1. The molecule has 0 amide bonds. The van der Waals surface area contributed by atoms with Crippen LogP contribution in [0.4, 0.5) is 5.95 Å². The first kappa shape index (κ1) is 11.7. The summed E-state index contributed by atoms with van der Waals surface area (Å²) in [6.45, 7) is 6.59. The van der Waals surface area contributed by atoms with Gasteiger partial charge in [-0.05, 0) is 18.3 Å². The zero-order valence-electron chi connectivity index (χ0n) is 10.5. The van der Waals surface area contributed by atoms with Gasteiger partial charge in [0.1, 0.15) is 0 Å². The van der Waals surface area contributed by atoms with Crippen LogP contribution < -0.4 is 4.90 Å². The molecule has 18 heavy (non-hydrogen) atoms. The van der Waals surface area contributed by atoms with Crippen molar-refractivity contribution in [3.05, 3.63) is 17.5 Å². The molecule has 1 fully saturated rings. The second kappa shape index (κ2) is 4.39. The summed E-state index contributed by atoms with van der Waals surface area (Å²) in [5.41, 5.74) is 0.625. The van der Waals surface area contributed by atoms with Crippen LogP contribution in [0.2, 0.25) is 5.15 Å². The van der Waals surface area contributed by atoms with Gasteiger partial charge >= 0.3 is 0 Å². The van der Waals surface area contributed by atoms with E-state index in [9.17, 15) is 0 Å². The minimum absolute atomic E-state index is 0.398. The van der Waals surface area contributed by atoms with E-state index in [2.05, 4.69) is 33.9 Å². The van der Waals surface area contributed by atoms with Gasteiger partial charge < -0.3 is 4.90 Å². The molecular weight excluding hydrogens is 250 g/mol. The fourth-order valence-corrected chi connectivity index (χ4v) is 3.01. The second-order valence-corrected chi connectivity index (χ2v) is 5.62. The molecule has 3 heterocycles. The van der Waals surface area contributed by atoms with Gasteiger partial charge in [-0.25, -0.2) is 4.98 Å². The molecule has 2 aromatic rings. The third kappa shape index (κ3) is 1.92. The fraction of sp³-hybridized carbons (Fsp3) is 0.583. The van der Waals surface area contributed by atoms with Crippen molar-refractivity contribution in [2.45, 2.75) is 20.3 Å². The minimum Gasteiger partial charge on any atom is -0.340 e. The highest BCUT2D eigenvalue weighted by Gasteiger charge is 2.25. The molecule has 0 radical (unpaired) electrons. The molecular formula is C12H16ClN5. The molecule has 0 bridgehead atoms. The van der Waals surface area contributed by atoms with E-state index in [1.165, 1.54) is 6.42 Å². The van der Waals surface area contributed by atoms with Crippen LogP contribution in [-0.4, -0.2) is 32.7 Å². The molecule has 3 rings (SSSR count). The van der Waals surface area contributed by atoms with Crippen molar-refractivity contribution in [1.82, 2.24) is 19.6 Å². The van der Waals surface area contributed by atoms with E-state index in [1.807, 2.05) is 10.6 Å². The Balaban J connectivity index is 2.01. The van der Waals surface area contributed by atoms with Gasteiger partial charge in [0.2, 0.25) is 5.95 Å². The molecule has 0 aromatic carbocycles. The van der Waals surface area contributed by atoms with E-state index in [0.717, 1.165) is 19.0 Å². The van der Waals surface area contributed by atoms with Gasteiger partial charge in [0, 0.05) is 25.5 Å². The molecule has 2 unspecified atom stereocenters. The maximum absolute atomic E-state index is 6.01. The van der Waals surface area contributed by atoms with Crippen LogP contribution >= 0.6 is 11.6 Å². The molecule has 1 saturated heterocycles. The molecule has 2 atom stereocenters. The maximum atomic E-state index is 6.01. The summed E-state index contributed by atoms with van der Waals surface area (Å²) in [6.07, 6.45) is 4.81. The second-order valence-electron chi connectivity index (χ2n) is 5.26. The maximum Gasteiger partial charge on any atom is 0.231 e. The topological polar surface area (TPSA) is 46.3 Å². The molecule has 5 nitrogen and oxygen atoms in total. The average molecular weight is 266 g/mol. The summed E-state index contributed by atoms with van der Waals surface area (Å²) in [7, 11) is 0. The number of anilines is 1. The van der Waals surface area contributed by atoms with E-state index in [0.29, 0.717) is 22.6 Å². The Kier molecular flexibility index (Phi) is 2.86. The van der Waals surface area contributed by atoms with Gasteiger partial charge in [0.25, 0.3) is 0 Å². The molecule has 0 N–H and O–H groups in total. The lowest BCUT2D eigenvalue weighted by atomic mass is 9.92. The summed E-state index contributed by atoms with van der Waals surface area (Å²) in [5, 5.41) is 8.78. The Morgan fingerprint density at radius 2 is 1.94 bits per heavy atom. The molecule has 1 aliphatic rings. The van der Waals surface area contributed by atoms with Gasteiger partial charge in [-0.1, -0.05) is 25.4 Å². The van der Waals surface area contributed by atoms with E-state index in [4.69, 9.17) is 11.6 Å². The number of hydrogen-bond acceptors (Lipinski definition) is 4. The first-order chi connectivity index (χ1) is 8.65. The van der Waals surface area contributed by atoms with Crippen molar-refractivity contribution in [3.8, 4) is 0 Å². The highest BCUT2D eigenvalue weighted by Crippen LogP contribution is 2.26. The average Bonchev–Trinajstić information content (AvgIpc) is 2.73. The lowest BCUT2D eigenvalue weighted by molar-refractivity contribution is 0.353. The third-order valence-electron chi connectivity index (χ3n) is 3.42. The van der Waals surface area contributed by atoms with Gasteiger partial charge in [0.15, 0.2) is 10.8 Å². The molecule has 1 aliphatic heterocycles. The van der Waals surface area contributed by atoms with Crippen molar-refractivity contribution in [2.75, 3.05) is 18.0 Å². The van der Waals surface area contributed by atoms with Crippen molar-refractivity contribution >= 4 is 23.2 Å². The molecule has 2 aromatic heterocycles. The highest BCUT2D eigenvalue weighted by atomic mass is 35.5. The van der Waals surface area contributed by atoms with Crippen LogP contribution in [0, 0.1) is 11.8 Å². The predicted molar refractivity (Wildman–Crippen MR) is 71.0 cm³/mol. The van der Waals surface area contributed by atoms with Crippen LogP contribution in [0.15, 0.2) is 12.4 Å². The minimum atomic E-state index is 0.398. The van der Waals surface area contributed by atoms with Gasteiger partial charge in [-0.15, -0.1) is 10.2 Å². The fourth-order valence-electron chi connectivity index (χ4n) is 2.83. The SMILES string of the molecule is CC1CC(C)CN(c2nnc3c(Cl)nccn23)C1. The van der Waals surface area contributed by atoms with E-state index in [1.54, 1.807) is 6.20 Å². The summed E-state index contributed by atoms with van der Waals surface area (Å²) in [6, 6.07) is 0. The Labute approximate surface area is 111 Å². The van der Waals surface area contributed by atoms with Crippen molar-refractivity contribution < 1.29 is 0 Å². The van der Waals surface area contributed by atoms with E-state index >= 15 is 0 Å². The Morgan fingerprint density at radius 1 is 1.22 bits per heavy atom. The summed E-state index contributed by atoms with van der Waals surface area (Å²) in [4.78, 5) is 6.31. The van der Waals surface area contributed by atoms with E-state index in [-0.39, 0.29) is 0 Å². The number of piperidine rings is 1. The summed E-state index contributed by atoms with van der Waals surface area (Å²) in [5.74, 6) is 2.23. The quantitative estimate of drug-likeness (QED) is 0.794. The normalized spacial score (nSPS) is 24.7. The lowest BCUT2D eigenvalue weighted by Gasteiger charge is -2.34. The first-order valence-electron chi connectivity index (χ1n) is 6.25. The Bertz CT molecular complexity index is 557. The number of hydrogen-bond donors (Lipinski definition) is 0. The number of fused-ring (bicyclic) bond motifs is 1. The molecule has 6 heteroatoms. The standard InChI is InChI=1S/C12H16ClN5/c1-8-5-9(2)7-17(6-8)12-16-15-11-10(13)14-3-4-18(11)12/h3-4,8-9H,5-7H2,1-2H3. The van der Waals surface area contributed by atoms with Crippen LogP contribution in [0.1, 0.15) is 20.3 Å². The smallest absolute Gasteiger partial charge is 0.231 e. The first-order valence-corrected chi connectivity index (χ1v) is 6.63. The number of halogens is 1. The monoisotopic (exact) mass is 265 g/mol. The number of aromatic nitrogens is 4. The molecule has 0 spiro atoms. The third-order valence-corrected chi connectivity index (χ3v) is 3.68. The zero-order valence-corrected chi connectivity index (χ0v) is 11.3. The molecule has 96 valence electrons. The summed E-state index contributed by atoms with van der Waals surface area (Å²) < 4.78 is 1.92. The van der Waals surface area contributed by atoms with Gasteiger partial charge in [0.05, 0.1) is 0 Å². The number of nitrogens with zero attached hydrogens (tertiary/aromatic N) is 5. The Morgan fingerprint density at radius 3 is 2.67 bits per heavy atom. The highest BCUT2D eigenvalue weighted by molar-refractivity contribution is 6.32. The van der Waals surface area contributed by atoms with Crippen molar-refractivity contribution in [1.29, 1.82) is 0 Å². The van der Waals surface area contributed by atoms with Crippen LogP contribution in [0.25, 0.3) is 5.65 Å². The zero-order chi connectivity index (χ0) is 12.7. The molecule has 0 aliphatic carbocycles. The summed E-state index contributed by atoms with van der Waals surface area (Å²) >= 11 is 6.01. The van der Waals surface area contributed by atoms with Crippen LogP contribution in [0.5, 0.6) is 0 Å². The predicted octanol–water partition coefficient (Wildman–Crippen LogP) is 2.26. The van der Waals surface area contributed by atoms with Gasteiger partial charge in [-0.2, -0.15) is 0 Å². The van der Waals surface area contributed by atoms with Crippen molar-refractivity contribution in [2.24, 2.45) is 11.8 Å². The lowest BCUT2D eigenvalue weighted by Crippen LogP contribution is -2.39. The van der Waals surface area contributed by atoms with E-state index < -0.39 is 0 Å².